The summed E-state index contributed by atoms with van der Waals surface area (Å²) in [5.74, 6) is -0.118. The van der Waals surface area contributed by atoms with Gasteiger partial charge < -0.3 is 16.0 Å². The van der Waals surface area contributed by atoms with Gasteiger partial charge in [0.05, 0.1) is 0 Å². The Labute approximate surface area is 151 Å². The predicted octanol–water partition coefficient (Wildman–Crippen LogP) is 2.38. The van der Waals surface area contributed by atoms with Gasteiger partial charge in [-0.3, -0.25) is 9.59 Å². The Hall–Kier alpha value is -2.05. The lowest BCUT2D eigenvalue weighted by Gasteiger charge is -2.34. The van der Waals surface area contributed by atoms with Gasteiger partial charge in [0.2, 0.25) is 11.8 Å². The molecule has 1 unspecified atom stereocenters. The van der Waals surface area contributed by atoms with E-state index in [2.05, 4.69) is 5.32 Å². The molecular weight excluding hydrogens is 346 g/mol. The van der Waals surface area contributed by atoms with E-state index in [1.165, 1.54) is 11.3 Å². The van der Waals surface area contributed by atoms with E-state index in [1.54, 1.807) is 4.90 Å². The van der Waals surface area contributed by atoms with Crippen LogP contribution in [0.2, 0.25) is 0 Å². The first kappa shape index (κ1) is 18.3. The number of nitrogen functional groups attached to an aromatic ring is 1. The Morgan fingerprint density at radius 1 is 1.29 bits per heavy atom. The van der Waals surface area contributed by atoms with Gasteiger partial charge in [0.1, 0.15) is 6.04 Å². The average molecular weight is 366 g/mol. The minimum Gasteiger partial charge on any atom is -0.399 e. The van der Waals surface area contributed by atoms with Crippen molar-refractivity contribution in [3.8, 4) is 0 Å². The number of hydrogen-bond acceptors (Lipinski definition) is 4. The van der Waals surface area contributed by atoms with Crippen molar-refractivity contribution in [3.05, 3.63) is 52.2 Å². The van der Waals surface area contributed by atoms with Crippen LogP contribution in [0, 0.1) is 0 Å². The number of carbonyl (C=O) groups is 2. The molecule has 0 bridgehead atoms. The van der Waals surface area contributed by atoms with Gasteiger partial charge in [0.15, 0.2) is 0 Å². The maximum absolute atomic E-state index is 12.6. The second kappa shape index (κ2) is 8.17. The lowest BCUT2D eigenvalue weighted by atomic mass is 10.1. The zero-order valence-electron chi connectivity index (χ0n) is 13.1. The summed E-state index contributed by atoms with van der Waals surface area (Å²) in [6.07, 6.45) is 0.935. The molecule has 7 heteroatoms. The van der Waals surface area contributed by atoms with Gasteiger partial charge in [0.25, 0.3) is 0 Å². The number of piperazine rings is 1. The van der Waals surface area contributed by atoms with Gasteiger partial charge in [-0.05, 0) is 29.5 Å². The third-order valence-electron chi connectivity index (χ3n) is 4.01. The van der Waals surface area contributed by atoms with Gasteiger partial charge in [-0.1, -0.05) is 24.3 Å². The van der Waals surface area contributed by atoms with E-state index in [0.717, 1.165) is 10.4 Å². The third-order valence-corrected chi connectivity index (χ3v) is 4.93. The topological polar surface area (TPSA) is 75.4 Å². The van der Waals surface area contributed by atoms with Gasteiger partial charge in [-0.2, -0.15) is 0 Å². The quantitative estimate of drug-likeness (QED) is 0.817. The summed E-state index contributed by atoms with van der Waals surface area (Å²) in [7, 11) is 0. The average Bonchev–Trinajstić information content (AvgIpc) is 3.07. The molecule has 1 aromatic carbocycles. The second-order valence-corrected chi connectivity index (χ2v) is 6.47. The maximum atomic E-state index is 12.6. The fourth-order valence-electron chi connectivity index (χ4n) is 2.81. The minimum absolute atomic E-state index is 0. The first-order valence-corrected chi connectivity index (χ1v) is 8.49. The summed E-state index contributed by atoms with van der Waals surface area (Å²) in [5.41, 5.74) is 7.59. The number of nitrogens with zero attached hydrogens (tertiary/aromatic N) is 1. The zero-order chi connectivity index (χ0) is 16.2. The molecular formula is C17H20ClN3O2S. The molecule has 1 atom stereocenters. The number of thiophene rings is 1. The smallest absolute Gasteiger partial charge is 0.248 e. The van der Waals surface area contributed by atoms with E-state index >= 15 is 0 Å². The Balaban J connectivity index is 0.00000208. The molecule has 1 aliphatic rings. The van der Waals surface area contributed by atoms with Crippen molar-refractivity contribution in [1.82, 2.24) is 10.2 Å². The van der Waals surface area contributed by atoms with Gasteiger partial charge in [-0.15, -0.1) is 23.7 Å². The number of nitrogens with one attached hydrogen (secondary N) is 1. The van der Waals surface area contributed by atoms with Crippen molar-refractivity contribution in [2.24, 2.45) is 0 Å². The van der Waals surface area contributed by atoms with E-state index < -0.39 is 6.04 Å². The summed E-state index contributed by atoms with van der Waals surface area (Å²) in [6.45, 7) is 1.04. The second-order valence-electron chi connectivity index (χ2n) is 5.49. The lowest BCUT2D eigenvalue weighted by Crippen LogP contribution is -2.52. The van der Waals surface area contributed by atoms with E-state index in [1.807, 2.05) is 41.8 Å². The third kappa shape index (κ3) is 3.88. The number of benzene rings is 1. The SMILES string of the molecule is Cl.Nc1ccccc1CCC(=O)N1CCNC(=O)C1c1cccs1. The zero-order valence-corrected chi connectivity index (χ0v) is 14.7. The van der Waals surface area contributed by atoms with Crippen molar-refractivity contribution < 1.29 is 9.59 Å². The van der Waals surface area contributed by atoms with Crippen LogP contribution in [0.25, 0.3) is 0 Å². The molecule has 1 aliphatic heterocycles. The minimum atomic E-state index is -0.510. The van der Waals surface area contributed by atoms with Crippen LogP contribution in [0.5, 0.6) is 0 Å². The monoisotopic (exact) mass is 365 g/mol. The van der Waals surface area contributed by atoms with Gasteiger partial charge in [-0.25, -0.2) is 0 Å². The summed E-state index contributed by atoms with van der Waals surface area (Å²) >= 11 is 1.50. The molecule has 3 N–H and O–H groups in total. The molecule has 0 spiro atoms. The molecule has 0 aliphatic carbocycles. The number of para-hydroxylation sites is 1. The molecule has 1 fully saturated rings. The predicted molar refractivity (Wildman–Crippen MR) is 98.2 cm³/mol. The number of anilines is 1. The highest BCUT2D eigenvalue weighted by Crippen LogP contribution is 2.28. The van der Waals surface area contributed by atoms with Crippen LogP contribution in [0.3, 0.4) is 0 Å². The van der Waals surface area contributed by atoms with E-state index in [-0.39, 0.29) is 24.2 Å². The number of rotatable bonds is 4. The summed E-state index contributed by atoms with van der Waals surface area (Å²) in [4.78, 5) is 27.4. The first-order chi connectivity index (χ1) is 11.2. The van der Waals surface area contributed by atoms with E-state index in [4.69, 9.17) is 5.73 Å². The van der Waals surface area contributed by atoms with Crippen molar-refractivity contribution in [2.45, 2.75) is 18.9 Å². The van der Waals surface area contributed by atoms with Crippen LogP contribution in [0.4, 0.5) is 5.69 Å². The Morgan fingerprint density at radius 3 is 2.79 bits per heavy atom. The number of nitrogens with two attached hydrogens (primary N) is 1. The maximum Gasteiger partial charge on any atom is 0.248 e. The highest BCUT2D eigenvalue weighted by Gasteiger charge is 2.34. The number of aryl methyl sites for hydroxylation is 1. The van der Waals surface area contributed by atoms with Crippen LogP contribution in [-0.4, -0.2) is 29.8 Å². The molecule has 1 saturated heterocycles. The Bertz CT molecular complexity index is 706. The molecule has 2 aromatic rings. The van der Waals surface area contributed by atoms with Crippen molar-refractivity contribution in [3.63, 3.8) is 0 Å². The van der Waals surface area contributed by atoms with Crippen LogP contribution >= 0.6 is 23.7 Å². The van der Waals surface area contributed by atoms with Crippen LogP contribution in [0.1, 0.15) is 22.9 Å². The highest BCUT2D eigenvalue weighted by molar-refractivity contribution is 7.10. The number of hydrogen-bond donors (Lipinski definition) is 2. The normalized spacial score (nSPS) is 17.1. The molecule has 3 rings (SSSR count). The van der Waals surface area contributed by atoms with Crippen molar-refractivity contribution in [1.29, 1.82) is 0 Å². The summed E-state index contributed by atoms with van der Waals surface area (Å²) in [6, 6.07) is 10.8. The van der Waals surface area contributed by atoms with Crippen LogP contribution in [0.15, 0.2) is 41.8 Å². The largest absolute Gasteiger partial charge is 0.399 e. The van der Waals surface area contributed by atoms with Crippen LogP contribution < -0.4 is 11.1 Å². The molecule has 1 aromatic heterocycles. The first-order valence-electron chi connectivity index (χ1n) is 7.61. The number of halogens is 1. The van der Waals surface area contributed by atoms with Crippen molar-refractivity contribution >= 4 is 41.2 Å². The fraction of sp³-hybridized carbons (Fsp3) is 0.294. The lowest BCUT2D eigenvalue weighted by molar-refractivity contribution is -0.143. The summed E-state index contributed by atoms with van der Waals surface area (Å²) in [5, 5.41) is 4.76. The standard InChI is InChI=1S/C17H19N3O2S.ClH/c18-13-5-2-1-4-12(13)7-8-15(21)20-10-9-19-17(22)16(20)14-6-3-11-23-14;/h1-6,11,16H,7-10,18H2,(H,19,22);1H. The summed E-state index contributed by atoms with van der Waals surface area (Å²) < 4.78 is 0. The fourth-order valence-corrected chi connectivity index (χ4v) is 3.65. The molecule has 0 saturated carbocycles. The van der Waals surface area contributed by atoms with Crippen molar-refractivity contribution in [2.75, 3.05) is 18.8 Å². The van der Waals surface area contributed by atoms with Crippen LogP contribution in [-0.2, 0) is 16.0 Å². The number of amides is 2. The number of carbonyl (C=O) groups excluding carboxylic acids is 2. The highest BCUT2D eigenvalue weighted by atomic mass is 35.5. The molecule has 0 radical (unpaired) electrons. The Kier molecular flexibility index (Phi) is 6.23. The van der Waals surface area contributed by atoms with E-state index in [0.29, 0.717) is 31.6 Å². The molecule has 24 heavy (non-hydrogen) atoms. The molecule has 128 valence electrons. The van der Waals surface area contributed by atoms with Gasteiger partial charge in [0, 0.05) is 30.1 Å². The molecule has 2 amide bonds. The van der Waals surface area contributed by atoms with Gasteiger partial charge >= 0.3 is 0 Å². The van der Waals surface area contributed by atoms with E-state index in [9.17, 15) is 9.59 Å². The Morgan fingerprint density at radius 2 is 2.08 bits per heavy atom. The molecule has 5 nitrogen and oxygen atoms in total. The molecule has 2 heterocycles.